The third kappa shape index (κ3) is 2.92. The molecule has 0 aliphatic rings. The predicted molar refractivity (Wildman–Crippen MR) is 70.0 cm³/mol. The van der Waals surface area contributed by atoms with Gasteiger partial charge in [0.2, 0.25) is 0 Å². The highest BCUT2D eigenvalue weighted by Crippen LogP contribution is 2.22. The van der Waals surface area contributed by atoms with Crippen LogP contribution < -0.4 is 5.32 Å². The van der Waals surface area contributed by atoms with Gasteiger partial charge in [0.1, 0.15) is 5.82 Å². The number of para-hydroxylation sites is 1. The van der Waals surface area contributed by atoms with E-state index in [-0.39, 0.29) is 22.5 Å². The van der Waals surface area contributed by atoms with Crippen LogP contribution in [0.4, 0.5) is 15.8 Å². The molecule has 0 unspecified atom stereocenters. The van der Waals surface area contributed by atoms with Crippen LogP contribution in [0.5, 0.6) is 0 Å². The van der Waals surface area contributed by atoms with Crippen molar-refractivity contribution in [3.05, 3.63) is 59.4 Å². The number of anilines is 2. The number of carboxylic acid groups (broad SMARTS) is 2. The quantitative estimate of drug-likeness (QED) is 0.798. The van der Waals surface area contributed by atoms with Gasteiger partial charge < -0.3 is 15.5 Å². The number of hydrogen-bond acceptors (Lipinski definition) is 3. The fourth-order valence-corrected chi connectivity index (χ4v) is 1.72. The molecular formula is C14H10FNO4. The van der Waals surface area contributed by atoms with Gasteiger partial charge in [-0.2, -0.15) is 0 Å². The van der Waals surface area contributed by atoms with E-state index in [1.807, 2.05) is 0 Å². The summed E-state index contributed by atoms with van der Waals surface area (Å²) >= 11 is 0. The molecule has 0 spiro atoms. The monoisotopic (exact) mass is 275 g/mol. The van der Waals surface area contributed by atoms with Gasteiger partial charge in [-0.15, -0.1) is 0 Å². The van der Waals surface area contributed by atoms with E-state index in [1.165, 1.54) is 18.2 Å². The zero-order valence-corrected chi connectivity index (χ0v) is 10.1. The molecule has 102 valence electrons. The maximum atomic E-state index is 13.3. The number of rotatable bonds is 4. The van der Waals surface area contributed by atoms with Gasteiger partial charge in [0, 0.05) is 5.69 Å². The maximum absolute atomic E-state index is 13.3. The molecule has 0 saturated carbocycles. The van der Waals surface area contributed by atoms with E-state index in [2.05, 4.69) is 5.32 Å². The zero-order valence-electron chi connectivity index (χ0n) is 10.1. The Bertz CT molecular complexity index is 685. The van der Waals surface area contributed by atoms with Gasteiger partial charge in [0.25, 0.3) is 0 Å². The summed E-state index contributed by atoms with van der Waals surface area (Å²) in [5.41, 5.74) is 0.201. The van der Waals surface area contributed by atoms with Crippen molar-refractivity contribution in [2.75, 3.05) is 5.32 Å². The summed E-state index contributed by atoms with van der Waals surface area (Å²) in [6.07, 6.45) is 0. The molecule has 0 aliphatic carbocycles. The number of nitrogens with one attached hydrogen (secondary N) is 1. The van der Waals surface area contributed by atoms with Crippen LogP contribution >= 0.6 is 0 Å². The van der Waals surface area contributed by atoms with Crippen molar-refractivity contribution < 1.29 is 24.2 Å². The predicted octanol–water partition coefficient (Wildman–Crippen LogP) is 2.97. The molecule has 2 rings (SSSR count). The van der Waals surface area contributed by atoms with E-state index in [1.54, 1.807) is 12.1 Å². The minimum absolute atomic E-state index is 0.00800. The molecular weight excluding hydrogens is 265 g/mol. The van der Waals surface area contributed by atoms with Crippen molar-refractivity contribution in [3.63, 3.8) is 0 Å². The smallest absolute Gasteiger partial charge is 0.337 e. The average molecular weight is 275 g/mol. The van der Waals surface area contributed by atoms with Crippen LogP contribution in [0.25, 0.3) is 0 Å². The Morgan fingerprint density at radius 2 is 1.70 bits per heavy atom. The highest BCUT2D eigenvalue weighted by molar-refractivity contribution is 5.95. The largest absolute Gasteiger partial charge is 0.478 e. The van der Waals surface area contributed by atoms with Gasteiger partial charge in [-0.1, -0.05) is 12.1 Å². The Kier molecular flexibility index (Phi) is 3.65. The molecule has 0 heterocycles. The fraction of sp³-hybridized carbons (Fsp3) is 0. The van der Waals surface area contributed by atoms with Crippen molar-refractivity contribution >= 4 is 23.3 Å². The van der Waals surface area contributed by atoms with Crippen LogP contribution in [0, 0.1) is 5.82 Å². The van der Waals surface area contributed by atoms with Gasteiger partial charge >= 0.3 is 11.9 Å². The second-order valence-corrected chi connectivity index (χ2v) is 4.01. The Labute approximate surface area is 113 Å². The molecule has 5 nitrogen and oxygen atoms in total. The van der Waals surface area contributed by atoms with Gasteiger partial charge in [0.15, 0.2) is 0 Å². The van der Waals surface area contributed by atoms with E-state index in [0.717, 1.165) is 12.1 Å². The van der Waals surface area contributed by atoms with Crippen LogP contribution in [0.15, 0.2) is 42.5 Å². The maximum Gasteiger partial charge on any atom is 0.337 e. The van der Waals surface area contributed by atoms with E-state index < -0.39 is 17.8 Å². The molecule has 0 aromatic heterocycles. The molecule has 0 aliphatic heterocycles. The number of halogens is 1. The number of aromatic carboxylic acids is 2. The lowest BCUT2D eigenvalue weighted by Crippen LogP contribution is -2.04. The second-order valence-electron chi connectivity index (χ2n) is 4.01. The molecule has 0 bridgehead atoms. The number of hydrogen-bond donors (Lipinski definition) is 3. The SMILES string of the molecule is O=C(O)c1cc(F)cc(Nc2ccccc2C(=O)O)c1. The van der Waals surface area contributed by atoms with E-state index in [9.17, 15) is 14.0 Å². The van der Waals surface area contributed by atoms with Crippen LogP contribution in [-0.2, 0) is 0 Å². The molecule has 6 heteroatoms. The van der Waals surface area contributed by atoms with E-state index >= 15 is 0 Å². The van der Waals surface area contributed by atoms with E-state index in [0.29, 0.717) is 0 Å². The summed E-state index contributed by atoms with van der Waals surface area (Å²) in [7, 11) is 0. The summed E-state index contributed by atoms with van der Waals surface area (Å²) in [5.74, 6) is -3.12. The molecule has 0 amide bonds. The summed E-state index contributed by atoms with van der Waals surface area (Å²) in [6.45, 7) is 0. The molecule has 0 atom stereocenters. The number of benzene rings is 2. The van der Waals surface area contributed by atoms with Crippen molar-refractivity contribution in [1.29, 1.82) is 0 Å². The normalized spacial score (nSPS) is 10.1. The van der Waals surface area contributed by atoms with Crippen molar-refractivity contribution in [1.82, 2.24) is 0 Å². The highest BCUT2D eigenvalue weighted by atomic mass is 19.1. The summed E-state index contributed by atoms with van der Waals surface area (Å²) in [4.78, 5) is 21.9. The first-order valence-electron chi connectivity index (χ1n) is 5.60. The highest BCUT2D eigenvalue weighted by Gasteiger charge is 2.11. The van der Waals surface area contributed by atoms with Crippen LogP contribution in [0.3, 0.4) is 0 Å². The van der Waals surface area contributed by atoms with Gasteiger partial charge in [-0.05, 0) is 30.3 Å². The lowest BCUT2D eigenvalue weighted by molar-refractivity contribution is 0.0686. The summed E-state index contributed by atoms with van der Waals surface area (Å²) in [5, 5.41) is 20.6. The number of carbonyl (C=O) groups is 2. The fourth-order valence-electron chi connectivity index (χ4n) is 1.72. The van der Waals surface area contributed by atoms with Gasteiger partial charge in [-0.25, -0.2) is 14.0 Å². The molecule has 3 N–H and O–H groups in total. The Morgan fingerprint density at radius 1 is 1.00 bits per heavy atom. The molecule has 2 aromatic rings. The third-order valence-corrected chi connectivity index (χ3v) is 2.58. The molecule has 2 aromatic carbocycles. The summed E-state index contributed by atoms with van der Waals surface area (Å²) in [6, 6.07) is 9.28. The topological polar surface area (TPSA) is 86.6 Å². The molecule has 0 radical (unpaired) electrons. The third-order valence-electron chi connectivity index (χ3n) is 2.58. The molecule has 0 fully saturated rings. The van der Waals surface area contributed by atoms with Crippen molar-refractivity contribution in [3.8, 4) is 0 Å². The average Bonchev–Trinajstić information content (AvgIpc) is 2.38. The minimum Gasteiger partial charge on any atom is -0.478 e. The minimum atomic E-state index is -1.26. The van der Waals surface area contributed by atoms with E-state index in [4.69, 9.17) is 10.2 Å². The lowest BCUT2D eigenvalue weighted by Gasteiger charge is -2.10. The second kappa shape index (κ2) is 5.40. The molecule has 0 saturated heterocycles. The summed E-state index contributed by atoms with van der Waals surface area (Å²) < 4.78 is 13.3. The first-order valence-corrected chi connectivity index (χ1v) is 5.60. The Morgan fingerprint density at radius 3 is 2.35 bits per heavy atom. The Balaban J connectivity index is 2.40. The lowest BCUT2D eigenvalue weighted by atomic mass is 10.1. The first kappa shape index (κ1) is 13.5. The van der Waals surface area contributed by atoms with Crippen molar-refractivity contribution in [2.24, 2.45) is 0 Å². The molecule has 20 heavy (non-hydrogen) atoms. The van der Waals surface area contributed by atoms with Crippen LogP contribution in [0.1, 0.15) is 20.7 Å². The van der Waals surface area contributed by atoms with Gasteiger partial charge in [-0.3, -0.25) is 0 Å². The number of carboxylic acids is 2. The first-order chi connectivity index (χ1) is 9.47. The van der Waals surface area contributed by atoms with Gasteiger partial charge in [0.05, 0.1) is 16.8 Å². The van der Waals surface area contributed by atoms with Crippen LogP contribution in [-0.4, -0.2) is 22.2 Å². The zero-order chi connectivity index (χ0) is 14.7. The van der Waals surface area contributed by atoms with Crippen LogP contribution in [0.2, 0.25) is 0 Å². The Hall–Kier alpha value is -2.89. The van der Waals surface area contributed by atoms with Crippen molar-refractivity contribution in [2.45, 2.75) is 0 Å². The standard InChI is InChI=1S/C14H10FNO4/c15-9-5-8(13(17)18)6-10(7-9)16-12-4-2-1-3-11(12)14(19)20/h1-7,16H,(H,17,18)(H,19,20).